The Kier molecular flexibility index (Phi) is 3.93. The van der Waals surface area contributed by atoms with Crippen LogP contribution < -0.4 is 14.8 Å². The summed E-state index contributed by atoms with van der Waals surface area (Å²) in [4.78, 5) is 12.2. The minimum absolute atomic E-state index is 0.117. The fourth-order valence-electron chi connectivity index (χ4n) is 2.99. The summed E-state index contributed by atoms with van der Waals surface area (Å²) in [6, 6.07) is 15.1. The van der Waals surface area contributed by atoms with Gasteiger partial charge in [0.25, 0.3) is 5.91 Å². The summed E-state index contributed by atoms with van der Waals surface area (Å²) in [6.07, 6.45) is 1.80. The molecule has 0 radical (unpaired) electrons. The van der Waals surface area contributed by atoms with Crippen LogP contribution in [0.5, 0.6) is 11.5 Å². The van der Waals surface area contributed by atoms with Crippen LogP contribution in [-0.2, 0) is 4.79 Å². The van der Waals surface area contributed by atoms with Gasteiger partial charge in [0.05, 0.1) is 31.2 Å². The third-order valence-corrected chi connectivity index (χ3v) is 4.29. The topological polar surface area (TPSA) is 76.2 Å². The lowest BCUT2D eigenvalue weighted by molar-refractivity contribution is -0.110. The summed E-state index contributed by atoms with van der Waals surface area (Å²) in [6.45, 7) is 0. The molecule has 3 aromatic rings. The van der Waals surface area contributed by atoms with Gasteiger partial charge in [-0.2, -0.15) is 5.10 Å². The average molecular weight is 347 g/mol. The molecule has 0 spiro atoms. The number of fused-ring (bicyclic) bond motifs is 1. The number of amides is 1. The first-order valence-corrected chi connectivity index (χ1v) is 8.10. The van der Waals surface area contributed by atoms with E-state index in [1.54, 1.807) is 20.3 Å². The molecule has 0 aliphatic carbocycles. The van der Waals surface area contributed by atoms with Crippen molar-refractivity contribution in [2.75, 3.05) is 19.5 Å². The molecule has 2 aromatic carbocycles. The second-order valence-electron chi connectivity index (χ2n) is 5.84. The molecule has 0 bridgehead atoms. The predicted octanol–water partition coefficient (Wildman–Crippen LogP) is 3.59. The van der Waals surface area contributed by atoms with Gasteiger partial charge in [0.15, 0.2) is 11.5 Å². The molecule has 6 heteroatoms. The molecule has 0 atom stereocenters. The van der Waals surface area contributed by atoms with E-state index >= 15 is 0 Å². The SMILES string of the molecule is COc1ccc(-c2cc(/C=C3\C(=O)Nc4ccccc43)[nH]n2)cc1OC. The third-order valence-electron chi connectivity index (χ3n) is 4.29. The van der Waals surface area contributed by atoms with Gasteiger partial charge in [0, 0.05) is 16.8 Å². The molecule has 1 amide bonds. The van der Waals surface area contributed by atoms with Crippen LogP contribution in [-0.4, -0.2) is 30.3 Å². The summed E-state index contributed by atoms with van der Waals surface area (Å²) < 4.78 is 10.6. The molecule has 1 aliphatic rings. The van der Waals surface area contributed by atoms with Crippen LogP contribution in [0.3, 0.4) is 0 Å². The molecular weight excluding hydrogens is 330 g/mol. The second kappa shape index (κ2) is 6.40. The van der Waals surface area contributed by atoms with Gasteiger partial charge in [-0.05, 0) is 36.4 Å². The Labute approximate surface area is 150 Å². The van der Waals surface area contributed by atoms with E-state index in [0.717, 1.165) is 28.2 Å². The highest BCUT2D eigenvalue weighted by Crippen LogP contribution is 2.34. The van der Waals surface area contributed by atoms with Gasteiger partial charge in [0.1, 0.15) is 0 Å². The maximum Gasteiger partial charge on any atom is 0.256 e. The van der Waals surface area contributed by atoms with E-state index in [1.807, 2.05) is 48.5 Å². The molecule has 2 heterocycles. The van der Waals surface area contributed by atoms with Crippen LogP contribution in [0.1, 0.15) is 11.3 Å². The number of nitrogens with one attached hydrogen (secondary N) is 2. The third kappa shape index (κ3) is 2.71. The second-order valence-corrected chi connectivity index (χ2v) is 5.84. The Morgan fingerprint density at radius 3 is 2.62 bits per heavy atom. The van der Waals surface area contributed by atoms with Gasteiger partial charge in [0.2, 0.25) is 0 Å². The van der Waals surface area contributed by atoms with Crippen molar-refractivity contribution in [1.82, 2.24) is 10.2 Å². The number of aromatic amines is 1. The minimum Gasteiger partial charge on any atom is -0.493 e. The number of benzene rings is 2. The van der Waals surface area contributed by atoms with Crippen molar-refractivity contribution in [3.05, 3.63) is 59.8 Å². The maximum absolute atomic E-state index is 12.2. The van der Waals surface area contributed by atoms with Crippen LogP contribution in [0.15, 0.2) is 48.5 Å². The number of ether oxygens (including phenoxy) is 2. The Bertz CT molecular complexity index is 1020. The molecule has 0 fully saturated rings. The molecule has 2 N–H and O–H groups in total. The number of H-pyrrole nitrogens is 1. The number of hydrogen-bond acceptors (Lipinski definition) is 4. The van der Waals surface area contributed by atoms with E-state index in [9.17, 15) is 4.79 Å². The number of carbonyl (C=O) groups is 1. The summed E-state index contributed by atoms with van der Waals surface area (Å²) in [5, 5.41) is 10.2. The van der Waals surface area contributed by atoms with E-state index in [0.29, 0.717) is 17.1 Å². The molecular formula is C20H17N3O3. The fourth-order valence-corrected chi connectivity index (χ4v) is 2.99. The number of rotatable bonds is 4. The molecule has 0 unspecified atom stereocenters. The molecule has 26 heavy (non-hydrogen) atoms. The van der Waals surface area contributed by atoms with Crippen molar-refractivity contribution in [3.63, 3.8) is 0 Å². The number of hydrogen-bond donors (Lipinski definition) is 2. The summed E-state index contributed by atoms with van der Waals surface area (Å²) in [5.74, 6) is 1.18. The van der Waals surface area contributed by atoms with E-state index < -0.39 is 0 Å². The fraction of sp³-hybridized carbons (Fsp3) is 0.100. The zero-order valence-electron chi connectivity index (χ0n) is 14.4. The first-order chi connectivity index (χ1) is 12.7. The lowest BCUT2D eigenvalue weighted by atomic mass is 10.1. The van der Waals surface area contributed by atoms with Crippen molar-refractivity contribution in [3.8, 4) is 22.8 Å². The Hall–Kier alpha value is -3.54. The molecule has 130 valence electrons. The monoisotopic (exact) mass is 347 g/mol. The minimum atomic E-state index is -0.117. The maximum atomic E-state index is 12.2. The quantitative estimate of drug-likeness (QED) is 0.707. The Balaban J connectivity index is 1.68. The first-order valence-electron chi connectivity index (χ1n) is 8.10. The van der Waals surface area contributed by atoms with Gasteiger partial charge in [-0.1, -0.05) is 18.2 Å². The van der Waals surface area contributed by atoms with Crippen molar-refractivity contribution < 1.29 is 14.3 Å². The zero-order valence-corrected chi connectivity index (χ0v) is 14.4. The lowest BCUT2D eigenvalue weighted by Gasteiger charge is -2.08. The number of para-hydroxylation sites is 1. The molecule has 0 saturated carbocycles. The molecule has 1 aromatic heterocycles. The highest BCUT2D eigenvalue weighted by molar-refractivity contribution is 6.34. The van der Waals surface area contributed by atoms with Crippen molar-refractivity contribution in [2.24, 2.45) is 0 Å². The first kappa shape index (κ1) is 16.0. The standard InChI is InChI=1S/C20H17N3O3/c1-25-18-8-7-12(9-19(18)26-2)17-11-13(22-23-17)10-15-14-5-3-4-6-16(14)21-20(15)24/h3-11H,1-2H3,(H,21,24)(H,22,23)/b15-10-. The number of nitrogens with zero attached hydrogens (tertiary/aromatic N) is 1. The Morgan fingerprint density at radius 2 is 1.81 bits per heavy atom. The van der Waals surface area contributed by atoms with Gasteiger partial charge >= 0.3 is 0 Å². The molecule has 4 rings (SSSR count). The highest BCUT2D eigenvalue weighted by atomic mass is 16.5. The van der Waals surface area contributed by atoms with Gasteiger partial charge in [-0.3, -0.25) is 9.89 Å². The highest BCUT2D eigenvalue weighted by Gasteiger charge is 2.23. The number of aromatic nitrogens is 2. The van der Waals surface area contributed by atoms with E-state index in [1.165, 1.54) is 0 Å². The van der Waals surface area contributed by atoms with Crippen molar-refractivity contribution in [2.45, 2.75) is 0 Å². The largest absolute Gasteiger partial charge is 0.493 e. The predicted molar refractivity (Wildman–Crippen MR) is 100 cm³/mol. The van der Waals surface area contributed by atoms with Crippen molar-refractivity contribution in [1.29, 1.82) is 0 Å². The summed E-state index contributed by atoms with van der Waals surface area (Å²) in [7, 11) is 3.19. The van der Waals surface area contributed by atoms with Gasteiger partial charge in [-0.25, -0.2) is 0 Å². The van der Waals surface area contributed by atoms with E-state index in [-0.39, 0.29) is 5.91 Å². The van der Waals surface area contributed by atoms with Crippen LogP contribution >= 0.6 is 0 Å². The van der Waals surface area contributed by atoms with Crippen LogP contribution in [0.4, 0.5) is 5.69 Å². The van der Waals surface area contributed by atoms with Crippen LogP contribution in [0, 0.1) is 0 Å². The zero-order chi connectivity index (χ0) is 18.1. The number of anilines is 1. The smallest absolute Gasteiger partial charge is 0.256 e. The van der Waals surface area contributed by atoms with Crippen LogP contribution in [0.2, 0.25) is 0 Å². The molecule has 6 nitrogen and oxygen atoms in total. The van der Waals surface area contributed by atoms with Crippen LogP contribution in [0.25, 0.3) is 22.9 Å². The molecule has 1 aliphatic heterocycles. The molecule has 0 saturated heterocycles. The van der Waals surface area contributed by atoms with Gasteiger partial charge in [-0.15, -0.1) is 0 Å². The van der Waals surface area contributed by atoms with Gasteiger partial charge < -0.3 is 14.8 Å². The van der Waals surface area contributed by atoms with E-state index in [4.69, 9.17) is 9.47 Å². The van der Waals surface area contributed by atoms with E-state index in [2.05, 4.69) is 15.5 Å². The Morgan fingerprint density at radius 1 is 1.00 bits per heavy atom. The van der Waals surface area contributed by atoms with Crippen molar-refractivity contribution >= 4 is 23.2 Å². The summed E-state index contributed by atoms with van der Waals surface area (Å²) in [5.41, 5.74) is 4.72. The lowest BCUT2D eigenvalue weighted by Crippen LogP contribution is -2.03. The number of methoxy groups -OCH3 is 2. The average Bonchev–Trinajstić information content (AvgIpc) is 3.26. The summed E-state index contributed by atoms with van der Waals surface area (Å²) >= 11 is 0. The number of carbonyl (C=O) groups excluding carboxylic acids is 1. The normalized spacial score (nSPS) is 14.2.